The highest BCUT2D eigenvalue weighted by atomic mass is 32.2. The first-order valence-corrected chi connectivity index (χ1v) is 11.3. The summed E-state index contributed by atoms with van der Waals surface area (Å²) in [4.78, 5) is 19.8. The maximum atomic E-state index is 13.0. The normalized spacial score (nSPS) is 14.5. The van der Waals surface area contributed by atoms with Crippen molar-refractivity contribution in [2.24, 2.45) is 0 Å². The number of hydrogen-bond acceptors (Lipinski definition) is 5. The first-order chi connectivity index (χ1) is 14.7. The van der Waals surface area contributed by atoms with Gasteiger partial charge in [-0.15, -0.1) is 0 Å². The van der Waals surface area contributed by atoms with Crippen LogP contribution in [0.5, 0.6) is 5.75 Å². The summed E-state index contributed by atoms with van der Waals surface area (Å²) in [6.07, 6.45) is 5.46. The predicted molar refractivity (Wildman–Crippen MR) is 121 cm³/mol. The summed E-state index contributed by atoms with van der Waals surface area (Å²) in [7, 11) is 1.68. The van der Waals surface area contributed by atoms with Crippen molar-refractivity contribution in [3.63, 3.8) is 0 Å². The lowest BCUT2D eigenvalue weighted by molar-refractivity contribution is 0.0923. The molecule has 1 saturated heterocycles. The Labute approximate surface area is 181 Å². The predicted octanol–water partition coefficient (Wildman–Crippen LogP) is 4.00. The van der Waals surface area contributed by atoms with Gasteiger partial charge in [0.1, 0.15) is 11.4 Å². The molecule has 1 N–H and O–H groups in total. The van der Waals surface area contributed by atoms with E-state index >= 15 is 0 Å². The molecule has 0 aliphatic carbocycles. The van der Waals surface area contributed by atoms with Crippen LogP contribution in [0.4, 0.5) is 5.69 Å². The van der Waals surface area contributed by atoms with E-state index in [4.69, 9.17) is 4.74 Å². The fourth-order valence-corrected chi connectivity index (χ4v) is 4.34. The van der Waals surface area contributed by atoms with Crippen LogP contribution >= 0.6 is 11.8 Å². The monoisotopic (exact) mass is 422 g/mol. The molecule has 0 radical (unpaired) electrons. The van der Waals surface area contributed by atoms with Crippen LogP contribution in [0.2, 0.25) is 0 Å². The standard InChI is InChI=1S/C23H26N4O2S/c1-29-20-10-8-18(9-11-20)26-14-12-17(13-15-26)25-22(28)21-16-24-23(30-2)27(21)19-6-4-3-5-7-19/h3-11,16-17H,12-15H2,1-2H3,(H,25,28). The molecular weight excluding hydrogens is 396 g/mol. The number of nitrogens with zero attached hydrogens (tertiary/aromatic N) is 3. The van der Waals surface area contributed by atoms with Gasteiger partial charge in [0.15, 0.2) is 5.16 Å². The molecule has 0 atom stereocenters. The van der Waals surface area contributed by atoms with Gasteiger partial charge in [0.25, 0.3) is 5.91 Å². The van der Waals surface area contributed by atoms with E-state index in [1.807, 2.05) is 53.3 Å². The number of imidazole rings is 1. The minimum atomic E-state index is -0.0745. The molecule has 30 heavy (non-hydrogen) atoms. The molecule has 0 saturated carbocycles. The van der Waals surface area contributed by atoms with Crippen LogP contribution in [0.3, 0.4) is 0 Å². The molecule has 2 heterocycles. The molecule has 0 spiro atoms. The third-order valence-corrected chi connectivity index (χ3v) is 6.08. The minimum absolute atomic E-state index is 0.0745. The molecule has 1 fully saturated rings. The Morgan fingerprint density at radius 1 is 1.07 bits per heavy atom. The Morgan fingerprint density at radius 3 is 2.40 bits per heavy atom. The second kappa shape index (κ2) is 9.26. The largest absolute Gasteiger partial charge is 0.497 e. The van der Waals surface area contributed by atoms with Crippen LogP contribution in [0, 0.1) is 0 Å². The summed E-state index contributed by atoms with van der Waals surface area (Å²) in [5, 5.41) is 4.02. The number of carbonyl (C=O) groups is 1. The Balaban J connectivity index is 1.41. The van der Waals surface area contributed by atoms with Crippen LogP contribution in [0.15, 0.2) is 66.0 Å². The highest BCUT2D eigenvalue weighted by Gasteiger charge is 2.24. The summed E-state index contributed by atoms with van der Waals surface area (Å²) in [6.45, 7) is 1.82. The van der Waals surface area contributed by atoms with Crippen molar-refractivity contribution in [2.45, 2.75) is 24.0 Å². The highest BCUT2D eigenvalue weighted by molar-refractivity contribution is 7.98. The third kappa shape index (κ3) is 4.31. The number of anilines is 1. The van der Waals surface area contributed by atoms with E-state index in [-0.39, 0.29) is 11.9 Å². The van der Waals surface area contributed by atoms with Crippen LogP contribution in [0.1, 0.15) is 23.3 Å². The molecule has 3 aromatic rings. The number of ether oxygens (including phenoxy) is 1. The number of rotatable bonds is 6. The molecule has 7 heteroatoms. The fraction of sp³-hybridized carbons (Fsp3) is 0.304. The Bertz CT molecular complexity index is 980. The van der Waals surface area contributed by atoms with Crippen molar-refractivity contribution < 1.29 is 9.53 Å². The summed E-state index contributed by atoms with van der Waals surface area (Å²) < 4.78 is 7.16. The van der Waals surface area contributed by atoms with Crippen molar-refractivity contribution in [3.05, 3.63) is 66.5 Å². The second-order valence-electron chi connectivity index (χ2n) is 7.23. The number of thioether (sulfide) groups is 1. The van der Waals surface area contributed by atoms with Gasteiger partial charge in [-0.2, -0.15) is 0 Å². The van der Waals surface area contributed by atoms with Gasteiger partial charge in [-0.3, -0.25) is 9.36 Å². The zero-order valence-corrected chi connectivity index (χ0v) is 18.1. The second-order valence-corrected chi connectivity index (χ2v) is 8.01. The van der Waals surface area contributed by atoms with Crippen molar-refractivity contribution in [1.82, 2.24) is 14.9 Å². The van der Waals surface area contributed by atoms with Gasteiger partial charge in [0.05, 0.1) is 13.3 Å². The lowest BCUT2D eigenvalue weighted by Crippen LogP contribution is -2.45. The van der Waals surface area contributed by atoms with E-state index in [1.54, 1.807) is 13.3 Å². The summed E-state index contributed by atoms with van der Waals surface area (Å²) in [5.74, 6) is 0.787. The van der Waals surface area contributed by atoms with Gasteiger partial charge in [-0.25, -0.2) is 4.98 Å². The number of carbonyl (C=O) groups excluding carboxylic acids is 1. The first-order valence-electron chi connectivity index (χ1n) is 10.1. The van der Waals surface area contributed by atoms with E-state index in [0.717, 1.165) is 42.5 Å². The number of hydrogen-bond donors (Lipinski definition) is 1. The van der Waals surface area contributed by atoms with Crippen molar-refractivity contribution in [1.29, 1.82) is 0 Å². The third-order valence-electron chi connectivity index (χ3n) is 5.43. The van der Waals surface area contributed by atoms with E-state index in [9.17, 15) is 4.79 Å². The van der Waals surface area contributed by atoms with E-state index < -0.39 is 0 Å². The maximum absolute atomic E-state index is 13.0. The SMILES string of the molecule is COc1ccc(N2CCC(NC(=O)c3cnc(SC)n3-c3ccccc3)CC2)cc1. The average Bonchev–Trinajstić information content (AvgIpc) is 3.25. The Hall–Kier alpha value is -2.93. The van der Waals surface area contributed by atoms with Gasteiger partial charge in [-0.05, 0) is 55.5 Å². The number of nitrogens with one attached hydrogen (secondary N) is 1. The van der Waals surface area contributed by atoms with Crippen LogP contribution in [0.25, 0.3) is 5.69 Å². The van der Waals surface area contributed by atoms with E-state index in [1.165, 1.54) is 17.4 Å². The molecular formula is C23H26N4O2S. The maximum Gasteiger partial charge on any atom is 0.270 e. The first kappa shape index (κ1) is 20.3. The van der Waals surface area contributed by atoms with Gasteiger partial charge in [0, 0.05) is 30.5 Å². The molecule has 0 bridgehead atoms. The Kier molecular flexibility index (Phi) is 6.28. The molecule has 2 aromatic carbocycles. The molecule has 1 aliphatic heterocycles. The topological polar surface area (TPSA) is 59.4 Å². The zero-order chi connectivity index (χ0) is 20.9. The molecule has 1 aliphatic rings. The van der Waals surface area contributed by atoms with Crippen molar-refractivity contribution in [2.75, 3.05) is 31.4 Å². The number of amides is 1. The van der Waals surface area contributed by atoms with E-state index in [0.29, 0.717) is 5.69 Å². The number of benzene rings is 2. The number of aromatic nitrogens is 2. The molecule has 0 unspecified atom stereocenters. The van der Waals surface area contributed by atoms with E-state index in [2.05, 4.69) is 27.3 Å². The average molecular weight is 423 g/mol. The van der Waals surface area contributed by atoms with Gasteiger partial charge < -0.3 is 15.0 Å². The zero-order valence-electron chi connectivity index (χ0n) is 17.2. The summed E-state index contributed by atoms with van der Waals surface area (Å²) in [6, 6.07) is 18.2. The van der Waals surface area contributed by atoms with Gasteiger partial charge in [0.2, 0.25) is 0 Å². The number of para-hydroxylation sites is 1. The molecule has 156 valence electrons. The number of methoxy groups -OCH3 is 1. The highest BCUT2D eigenvalue weighted by Crippen LogP contribution is 2.24. The lowest BCUT2D eigenvalue weighted by atomic mass is 10.0. The lowest BCUT2D eigenvalue weighted by Gasteiger charge is -2.34. The molecule has 4 rings (SSSR count). The Morgan fingerprint density at radius 2 is 1.77 bits per heavy atom. The fourth-order valence-electron chi connectivity index (χ4n) is 3.80. The molecule has 6 nitrogen and oxygen atoms in total. The van der Waals surface area contributed by atoms with Crippen LogP contribution in [-0.2, 0) is 0 Å². The minimum Gasteiger partial charge on any atom is -0.497 e. The quantitative estimate of drug-likeness (QED) is 0.609. The van der Waals surface area contributed by atoms with Crippen LogP contribution in [-0.4, -0.2) is 48.0 Å². The molecule has 1 aromatic heterocycles. The van der Waals surface area contributed by atoms with Crippen molar-refractivity contribution >= 4 is 23.4 Å². The van der Waals surface area contributed by atoms with Gasteiger partial charge in [-0.1, -0.05) is 30.0 Å². The van der Waals surface area contributed by atoms with Crippen molar-refractivity contribution in [3.8, 4) is 11.4 Å². The van der Waals surface area contributed by atoms with Gasteiger partial charge >= 0.3 is 0 Å². The summed E-state index contributed by atoms with van der Waals surface area (Å²) in [5.41, 5.74) is 2.70. The van der Waals surface area contributed by atoms with Crippen LogP contribution < -0.4 is 15.0 Å². The molecule has 1 amide bonds. The number of piperidine rings is 1. The summed E-state index contributed by atoms with van der Waals surface area (Å²) >= 11 is 1.53. The smallest absolute Gasteiger partial charge is 0.270 e.